The van der Waals surface area contributed by atoms with Crippen molar-refractivity contribution in [3.05, 3.63) is 64.2 Å². The van der Waals surface area contributed by atoms with Gasteiger partial charge < -0.3 is 4.90 Å². The lowest BCUT2D eigenvalue weighted by Crippen LogP contribution is -2.54. The van der Waals surface area contributed by atoms with Gasteiger partial charge in [0.15, 0.2) is 5.11 Å². The van der Waals surface area contributed by atoms with Crippen LogP contribution in [0.3, 0.4) is 0 Å². The number of nitrogens with one attached hydrogen (secondary N) is 1. The Hall–Kier alpha value is -2.99. The third kappa shape index (κ3) is 3.21. The van der Waals surface area contributed by atoms with Crippen molar-refractivity contribution in [2.45, 2.75) is 32.6 Å². The summed E-state index contributed by atoms with van der Waals surface area (Å²) in [5, 5.41) is 2.79. The van der Waals surface area contributed by atoms with Crippen molar-refractivity contribution in [2.24, 2.45) is 0 Å². The molecule has 2 aromatic carbocycles. The fraction of sp³-hybridized carbons (Fsp3) is 0.292. The highest BCUT2D eigenvalue weighted by atomic mass is 32.1. The van der Waals surface area contributed by atoms with Crippen LogP contribution in [0.2, 0.25) is 0 Å². The van der Waals surface area contributed by atoms with Gasteiger partial charge in [0.1, 0.15) is 5.57 Å². The van der Waals surface area contributed by atoms with E-state index in [2.05, 4.69) is 22.3 Å². The van der Waals surface area contributed by atoms with Gasteiger partial charge in [-0.3, -0.25) is 19.8 Å². The molecule has 3 heterocycles. The first kappa shape index (κ1) is 19.0. The fourth-order valence-electron chi connectivity index (χ4n) is 4.67. The van der Waals surface area contributed by atoms with Gasteiger partial charge in [-0.25, -0.2) is 0 Å². The van der Waals surface area contributed by atoms with Crippen molar-refractivity contribution in [1.82, 2.24) is 5.32 Å². The molecule has 1 fully saturated rings. The molecule has 30 heavy (non-hydrogen) atoms. The molecule has 5 rings (SSSR count). The number of nitrogens with zero attached hydrogens (tertiary/aromatic N) is 2. The Bertz CT molecular complexity index is 1070. The van der Waals surface area contributed by atoms with Gasteiger partial charge in [-0.1, -0.05) is 17.7 Å². The van der Waals surface area contributed by atoms with E-state index in [0.29, 0.717) is 5.69 Å². The number of benzene rings is 2. The van der Waals surface area contributed by atoms with Gasteiger partial charge in [-0.15, -0.1) is 0 Å². The number of thiocarbonyl (C=S) groups is 1. The summed E-state index contributed by atoms with van der Waals surface area (Å²) in [4.78, 5) is 29.7. The Morgan fingerprint density at radius 3 is 2.27 bits per heavy atom. The van der Waals surface area contributed by atoms with Crippen molar-refractivity contribution >= 4 is 46.6 Å². The molecular weight excluding hydrogens is 394 g/mol. The summed E-state index contributed by atoms with van der Waals surface area (Å²) >= 11 is 5.29. The van der Waals surface area contributed by atoms with E-state index in [1.165, 1.54) is 21.7 Å². The summed E-state index contributed by atoms with van der Waals surface area (Å²) in [6.07, 6.45) is 6.07. The zero-order chi connectivity index (χ0) is 20.8. The number of aryl methyl sites for hydroxylation is 3. The van der Waals surface area contributed by atoms with Gasteiger partial charge in [0.2, 0.25) is 0 Å². The zero-order valence-corrected chi connectivity index (χ0v) is 17.7. The molecular formula is C24H23N3O2S. The largest absolute Gasteiger partial charge is 0.371 e. The van der Waals surface area contributed by atoms with Gasteiger partial charge in [-0.2, -0.15) is 0 Å². The first-order valence-electron chi connectivity index (χ1n) is 10.4. The van der Waals surface area contributed by atoms with Crippen LogP contribution < -0.4 is 15.1 Å². The van der Waals surface area contributed by atoms with E-state index in [9.17, 15) is 9.59 Å². The lowest BCUT2D eigenvalue weighted by atomic mass is 9.89. The van der Waals surface area contributed by atoms with Crippen LogP contribution in [0.15, 0.2) is 42.0 Å². The molecule has 0 radical (unpaired) electrons. The lowest BCUT2D eigenvalue weighted by Gasteiger charge is -2.37. The van der Waals surface area contributed by atoms with Crippen molar-refractivity contribution in [1.29, 1.82) is 0 Å². The molecule has 0 saturated carbocycles. The number of rotatable bonds is 2. The molecule has 2 amide bonds. The highest BCUT2D eigenvalue weighted by Crippen LogP contribution is 2.36. The van der Waals surface area contributed by atoms with Crippen LogP contribution in [0, 0.1) is 6.92 Å². The molecule has 0 unspecified atom stereocenters. The second-order valence-electron chi connectivity index (χ2n) is 8.18. The summed E-state index contributed by atoms with van der Waals surface area (Å²) in [7, 11) is 0. The Labute approximate surface area is 181 Å². The molecule has 3 aliphatic heterocycles. The molecule has 0 atom stereocenters. The number of carbonyl (C=O) groups excluding carboxylic acids is 2. The monoisotopic (exact) mass is 417 g/mol. The van der Waals surface area contributed by atoms with E-state index in [1.807, 2.05) is 31.2 Å². The Balaban J connectivity index is 1.54. The van der Waals surface area contributed by atoms with Gasteiger partial charge in [0.25, 0.3) is 11.8 Å². The van der Waals surface area contributed by atoms with Crippen LogP contribution in [0.5, 0.6) is 0 Å². The SMILES string of the molecule is Cc1ccc(N2C(=O)/C(=C/c3cc4c5c(c3)CCCN5CCC4)C(=O)NC2=S)cc1. The van der Waals surface area contributed by atoms with Crippen LogP contribution in [-0.2, 0) is 22.4 Å². The number of hydrogen-bond donors (Lipinski definition) is 1. The molecule has 152 valence electrons. The Morgan fingerprint density at radius 1 is 1.00 bits per heavy atom. The Morgan fingerprint density at radius 2 is 1.63 bits per heavy atom. The minimum absolute atomic E-state index is 0.111. The second kappa shape index (κ2) is 7.36. The molecule has 0 spiro atoms. The molecule has 1 saturated heterocycles. The van der Waals surface area contributed by atoms with Crippen molar-refractivity contribution in [3.63, 3.8) is 0 Å². The molecule has 3 aliphatic rings. The van der Waals surface area contributed by atoms with Crippen LogP contribution in [0.4, 0.5) is 11.4 Å². The fourth-order valence-corrected chi connectivity index (χ4v) is 4.95. The third-order valence-electron chi connectivity index (χ3n) is 6.06. The quantitative estimate of drug-likeness (QED) is 0.462. The summed E-state index contributed by atoms with van der Waals surface area (Å²) in [5.74, 6) is -0.832. The van der Waals surface area contributed by atoms with E-state index < -0.39 is 5.91 Å². The molecule has 0 aromatic heterocycles. The number of amides is 2. The predicted molar refractivity (Wildman–Crippen MR) is 123 cm³/mol. The number of hydrogen-bond acceptors (Lipinski definition) is 4. The van der Waals surface area contributed by atoms with Gasteiger partial charge in [-0.05, 0) is 91.9 Å². The normalized spacial score (nSPS) is 19.8. The summed E-state index contributed by atoms with van der Waals surface area (Å²) < 4.78 is 0. The van der Waals surface area contributed by atoms with Crippen molar-refractivity contribution < 1.29 is 9.59 Å². The average Bonchev–Trinajstić information content (AvgIpc) is 2.73. The van der Waals surface area contributed by atoms with Gasteiger partial charge in [0, 0.05) is 18.8 Å². The third-order valence-corrected chi connectivity index (χ3v) is 6.34. The van der Waals surface area contributed by atoms with Crippen molar-refractivity contribution in [3.8, 4) is 0 Å². The van der Waals surface area contributed by atoms with Crippen molar-refractivity contribution in [2.75, 3.05) is 22.9 Å². The highest BCUT2D eigenvalue weighted by molar-refractivity contribution is 7.80. The second-order valence-corrected chi connectivity index (χ2v) is 8.56. The summed E-state index contributed by atoms with van der Waals surface area (Å²) in [6.45, 7) is 4.21. The minimum atomic E-state index is -0.443. The standard InChI is InChI=1S/C24H23N3O2S/c1-15-6-8-19(9-7-15)27-23(29)20(22(28)25-24(27)30)14-16-12-17-4-2-10-26-11-3-5-18(13-16)21(17)26/h6-9,12-14H,2-5,10-11H2,1H3,(H,25,28,30)/b20-14+. The predicted octanol–water partition coefficient (Wildman–Crippen LogP) is 3.53. The summed E-state index contributed by atoms with van der Waals surface area (Å²) in [5.41, 5.74) is 6.77. The number of carbonyl (C=O) groups is 2. The topological polar surface area (TPSA) is 52.7 Å². The van der Waals surface area contributed by atoms with E-state index in [4.69, 9.17) is 12.2 Å². The van der Waals surface area contributed by atoms with Crippen LogP contribution in [0.25, 0.3) is 6.08 Å². The van der Waals surface area contributed by atoms with Gasteiger partial charge >= 0.3 is 0 Å². The average molecular weight is 418 g/mol. The maximum Gasteiger partial charge on any atom is 0.270 e. The molecule has 0 bridgehead atoms. The molecule has 6 heteroatoms. The number of anilines is 2. The maximum atomic E-state index is 13.2. The van der Waals surface area contributed by atoms with Crippen LogP contribution >= 0.6 is 12.2 Å². The maximum absolute atomic E-state index is 13.2. The van der Waals surface area contributed by atoms with E-state index >= 15 is 0 Å². The minimum Gasteiger partial charge on any atom is -0.371 e. The highest BCUT2D eigenvalue weighted by Gasteiger charge is 2.34. The Kier molecular flexibility index (Phi) is 4.66. The van der Waals surface area contributed by atoms with E-state index in [-0.39, 0.29) is 16.6 Å². The molecule has 1 N–H and O–H groups in total. The van der Waals surface area contributed by atoms with E-state index in [0.717, 1.165) is 49.9 Å². The molecule has 0 aliphatic carbocycles. The van der Waals surface area contributed by atoms with Crippen LogP contribution in [-0.4, -0.2) is 30.0 Å². The molecule has 2 aromatic rings. The van der Waals surface area contributed by atoms with Gasteiger partial charge in [0.05, 0.1) is 5.69 Å². The lowest BCUT2D eigenvalue weighted by molar-refractivity contribution is -0.122. The first-order valence-corrected chi connectivity index (χ1v) is 10.8. The molecule has 5 nitrogen and oxygen atoms in total. The van der Waals surface area contributed by atoms with E-state index in [1.54, 1.807) is 6.08 Å². The summed E-state index contributed by atoms with van der Waals surface area (Å²) in [6, 6.07) is 11.8. The first-order chi connectivity index (χ1) is 14.5. The smallest absolute Gasteiger partial charge is 0.270 e. The van der Waals surface area contributed by atoms with Crippen LogP contribution in [0.1, 0.15) is 35.1 Å². The zero-order valence-electron chi connectivity index (χ0n) is 16.9.